The van der Waals surface area contributed by atoms with E-state index < -0.39 is 0 Å². The maximum Gasteiger partial charge on any atom is 0.319 e. The summed E-state index contributed by atoms with van der Waals surface area (Å²) in [5.41, 5.74) is -0.303. The summed E-state index contributed by atoms with van der Waals surface area (Å²) in [5, 5.41) is 2.87. The molecule has 2 aliphatic heterocycles. The Morgan fingerprint density at radius 3 is 2.04 bits per heavy atom. The second kappa shape index (κ2) is 8.06. The van der Waals surface area contributed by atoms with Gasteiger partial charge in [0.1, 0.15) is 0 Å². The maximum absolute atomic E-state index is 12.6. The number of likely N-dealkylation sites (N-methyl/N-ethyl adjacent to an activating group) is 1. The Morgan fingerprint density at radius 1 is 1.00 bits per heavy atom. The summed E-state index contributed by atoms with van der Waals surface area (Å²) < 4.78 is 0. The first kappa shape index (κ1) is 19.5. The van der Waals surface area contributed by atoms with Gasteiger partial charge in [-0.05, 0) is 46.5 Å². The summed E-state index contributed by atoms with van der Waals surface area (Å²) in [6.07, 6.45) is 3.51. The van der Waals surface area contributed by atoms with Gasteiger partial charge >= 0.3 is 6.03 Å². The van der Waals surface area contributed by atoms with E-state index in [1.807, 2.05) is 30.6 Å². The third kappa shape index (κ3) is 5.61. The first-order chi connectivity index (χ1) is 11.7. The van der Waals surface area contributed by atoms with Gasteiger partial charge in [-0.3, -0.25) is 9.59 Å². The molecule has 142 valence electrons. The second-order valence-electron chi connectivity index (χ2n) is 8.23. The molecule has 0 bridgehead atoms. The Balaban J connectivity index is 1.78. The van der Waals surface area contributed by atoms with E-state index in [4.69, 9.17) is 0 Å². The van der Waals surface area contributed by atoms with Gasteiger partial charge < -0.3 is 20.0 Å². The summed E-state index contributed by atoms with van der Waals surface area (Å²) in [6, 6.07) is 0.112. The largest absolute Gasteiger partial charge is 0.350 e. The van der Waals surface area contributed by atoms with Crippen molar-refractivity contribution in [2.75, 3.05) is 39.8 Å². The molecule has 1 N–H and O–H groups in total. The van der Waals surface area contributed by atoms with E-state index in [1.165, 1.54) is 4.90 Å². The van der Waals surface area contributed by atoms with Crippen molar-refractivity contribution in [3.8, 4) is 0 Å². The lowest BCUT2D eigenvalue weighted by Gasteiger charge is -2.35. The second-order valence-corrected chi connectivity index (χ2v) is 8.23. The molecule has 7 nitrogen and oxygen atoms in total. The van der Waals surface area contributed by atoms with E-state index in [-0.39, 0.29) is 35.8 Å². The van der Waals surface area contributed by atoms with E-state index in [0.29, 0.717) is 25.9 Å². The maximum atomic E-state index is 12.6. The normalized spacial score (nSPS) is 19.0. The molecule has 0 aromatic carbocycles. The molecule has 0 unspecified atom stereocenters. The van der Waals surface area contributed by atoms with Gasteiger partial charge in [-0.25, -0.2) is 4.79 Å². The Hall–Kier alpha value is -1.79. The highest BCUT2D eigenvalue weighted by molar-refractivity contribution is 5.86. The molecule has 2 saturated heterocycles. The van der Waals surface area contributed by atoms with E-state index >= 15 is 0 Å². The van der Waals surface area contributed by atoms with Gasteiger partial charge in [0.05, 0.1) is 6.54 Å². The van der Waals surface area contributed by atoms with Crippen LogP contribution in [-0.2, 0) is 9.59 Å². The van der Waals surface area contributed by atoms with Crippen molar-refractivity contribution in [2.45, 2.75) is 52.0 Å². The van der Waals surface area contributed by atoms with Crippen molar-refractivity contribution in [1.82, 2.24) is 20.0 Å². The molecule has 2 rings (SSSR count). The fourth-order valence-corrected chi connectivity index (χ4v) is 3.49. The fourth-order valence-electron chi connectivity index (χ4n) is 3.49. The molecule has 25 heavy (non-hydrogen) atoms. The highest BCUT2D eigenvalue weighted by atomic mass is 16.2. The molecule has 0 aliphatic carbocycles. The topological polar surface area (TPSA) is 73.0 Å². The molecule has 0 aromatic rings. The van der Waals surface area contributed by atoms with E-state index in [0.717, 1.165) is 25.9 Å². The van der Waals surface area contributed by atoms with Crippen LogP contribution >= 0.6 is 0 Å². The number of nitrogens with one attached hydrogen (secondary N) is 1. The molecule has 2 aliphatic rings. The fraction of sp³-hybridized carbons (Fsp3) is 0.833. The SMILES string of the molecule is CN(CC(=O)NC(C)(C)C)C(=O)C1CCN(C(=O)N2CCCC2)CC1. The number of urea groups is 1. The third-order valence-corrected chi connectivity index (χ3v) is 4.76. The Labute approximate surface area is 150 Å². The highest BCUT2D eigenvalue weighted by Gasteiger charge is 2.32. The quantitative estimate of drug-likeness (QED) is 0.832. The summed E-state index contributed by atoms with van der Waals surface area (Å²) in [6.45, 7) is 8.76. The van der Waals surface area contributed by atoms with Gasteiger partial charge in [-0.2, -0.15) is 0 Å². The molecule has 2 fully saturated rings. The van der Waals surface area contributed by atoms with Crippen molar-refractivity contribution in [2.24, 2.45) is 5.92 Å². The van der Waals surface area contributed by atoms with Crippen LogP contribution < -0.4 is 5.32 Å². The number of carbonyl (C=O) groups is 3. The van der Waals surface area contributed by atoms with Crippen LogP contribution in [0.4, 0.5) is 4.79 Å². The van der Waals surface area contributed by atoms with Crippen molar-refractivity contribution in [3.63, 3.8) is 0 Å². The molecular weight excluding hydrogens is 320 g/mol. The summed E-state index contributed by atoms with van der Waals surface area (Å²) >= 11 is 0. The number of carbonyl (C=O) groups excluding carboxylic acids is 3. The molecular formula is C18H32N4O3. The number of nitrogens with zero attached hydrogens (tertiary/aromatic N) is 3. The van der Waals surface area contributed by atoms with E-state index in [9.17, 15) is 14.4 Å². The third-order valence-electron chi connectivity index (χ3n) is 4.76. The Kier molecular flexibility index (Phi) is 6.30. The van der Waals surface area contributed by atoms with Crippen molar-refractivity contribution in [1.29, 1.82) is 0 Å². The number of piperidine rings is 1. The Bertz CT molecular complexity index is 501. The minimum absolute atomic E-state index is 0.00247. The molecule has 7 heteroatoms. The van der Waals surface area contributed by atoms with Gasteiger partial charge in [-0.1, -0.05) is 0 Å². The van der Waals surface area contributed by atoms with Crippen molar-refractivity contribution < 1.29 is 14.4 Å². The number of amides is 4. The minimum Gasteiger partial charge on any atom is -0.350 e. The molecule has 0 aromatic heterocycles. The predicted octanol–water partition coefficient (Wildman–Crippen LogP) is 1.29. The van der Waals surface area contributed by atoms with Crippen LogP contribution in [0.25, 0.3) is 0 Å². The number of likely N-dealkylation sites (tertiary alicyclic amines) is 2. The molecule has 0 atom stereocenters. The molecule has 0 saturated carbocycles. The van der Waals surface area contributed by atoms with Crippen LogP contribution in [0.15, 0.2) is 0 Å². The highest BCUT2D eigenvalue weighted by Crippen LogP contribution is 2.21. The standard InChI is InChI=1S/C18H32N4O3/c1-18(2,3)19-15(23)13-20(4)16(24)14-7-11-22(12-8-14)17(25)21-9-5-6-10-21/h14H,5-13H2,1-4H3,(H,19,23). The zero-order chi connectivity index (χ0) is 18.6. The summed E-state index contributed by atoms with van der Waals surface area (Å²) in [7, 11) is 1.67. The number of hydrogen-bond donors (Lipinski definition) is 1. The Morgan fingerprint density at radius 2 is 1.52 bits per heavy atom. The van der Waals surface area contributed by atoms with Crippen molar-refractivity contribution in [3.05, 3.63) is 0 Å². The molecule has 2 heterocycles. The zero-order valence-corrected chi connectivity index (χ0v) is 16.0. The number of rotatable bonds is 3. The van der Waals surface area contributed by atoms with Crippen LogP contribution in [0, 0.1) is 5.92 Å². The van der Waals surface area contributed by atoms with Crippen LogP contribution in [0.3, 0.4) is 0 Å². The van der Waals surface area contributed by atoms with Crippen LogP contribution in [0.1, 0.15) is 46.5 Å². The first-order valence-electron chi connectivity index (χ1n) is 9.27. The van der Waals surface area contributed by atoms with Crippen LogP contribution in [0.5, 0.6) is 0 Å². The smallest absolute Gasteiger partial charge is 0.319 e. The van der Waals surface area contributed by atoms with Gasteiger partial charge in [0.25, 0.3) is 0 Å². The average molecular weight is 352 g/mol. The summed E-state index contributed by atoms with van der Waals surface area (Å²) in [5.74, 6) is -0.252. The molecule has 0 spiro atoms. The van der Waals surface area contributed by atoms with Gasteiger partial charge in [-0.15, -0.1) is 0 Å². The van der Waals surface area contributed by atoms with Gasteiger partial charge in [0.2, 0.25) is 11.8 Å². The number of hydrogen-bond acceptors (Lipinski definition) is 3. The van der Waals surface area contributed by atoms with E-state index in [1.54, 1.807) is 7.05 Å². The monoisotopic (exact) mass is 352 g/mol. The average Bonchev–Trinajstić information content (AvgIpc) is 3.06. The van der Waals surface area contributed by atoms with Crippen LogP contribution in [-0.4, -0.2) is 77.9 Å². The zero-order valence-electron chi connectivity index (χ0n) is 16.0. The van der Waals surface area contributed by atoms with E-state index in [2.05, 4.69) is 5.32 Å². The van der Waals surface area contributed by atoms with Gasteiger partial charge in [0.15, 0.2) is 0 Å². The van der Waals surface area contributed by atoms with Crippen molar-refractivity contribution >= 4 is 17.8 Å². The van der Waals surface area contributed by atoms with Gasteiger partial charge in [0, 0.05) is 44.7 Å². The summed E-state index contributed by atoms with van der Waals surface area (Å²) in [4.78, 5) is 42.2. The molecule has 0 radical (unpaired) electrons. The lowest BCUT2D eigenvalue weighted by molar-refractivity contribution is -0.139. The first-order valence-corrected chi connectivity index (χ1v) is 9.27. The minimum atomic E-state index is -0.303. The molecule has 4 amide bonds. The lowest BCUT2D eigenvalue weighted by atomic mass is 9.95. The van der Waals surface area contributed by atoms with Crippen LogP contribution in [0.2, 0.25) is 0 Å². The lowest BCUT2D eigenvalue weighted by Crippen LogP contribution is -2.50. The predicted molar refractivity (Wildman–Crippen MR) is 96.0 cm³/mol.